The predicted molar refractivity (Wildman–Crippen MR) is 116 cm³/mol. The first kappa shape index (κ1) is 23.7. The summed E-state index contributed by atoms with van der Waals surface area (Å²) in [6.45, 7) is 2.28. The summed E-state index contributed by atoms with van der Waals surface area (Å²) < 4.78 is 74.3. The van der Waals surface area contributed by atoms with Crippen LogP contribution >= 0.6 is 11.6 Å². The first-order valence-electron chi connectivity index (χ1n) is 10.0. The lowest BCUT2D eigenvalue weighted by atomic mass is 9.90. The molecule has 0 amide bonds. The number of aromatic amines is 1. The Morgan fingerprint density at radius 3 is 2.39 bits per heavy atom. The summed E-state index contributed by atoms with van der Waals surface area (Å²) in [5.41, 5.74) is 0.104. The van der Waals surface area contributed by atoms with E-state index in [0.717, 1.165) is 18.2 Å². The molecule has 6 nitrogen and oxygen atoms in total. The quantitative estimate of drug-likeness (QED) is 0.543. The van der Waals surface area contributed by atoms with Gasteiger partial charge in [-0.25, -0.2) is 26.6 Å². The van der Waals surface area contributed by atoms with Crippen LogP contribution in [0.5, 0.6) is 0 Å². The van der Waals surface area contributed by atoms with Crippen molar-refractivity contribution in [3.8, 4) is 0 Å². The van der Waals surface area contributed by atoms with Crippen LogP contribution in [0.2, 0.25) is 5.02 Å². The van der Waals surface area contributed by atoms with Crippen molar-refractivity contribution in [1.29, 1.82) is 0 Å². The van der Waals surface area contributed by atoms with E-state index in [1.54, 1.807) is 0 Å². The fourth-order valence-corrected chi connectivity index (χ4v) is 5.54. The van der Waals surface area contributed by atoms with Crippen molar-refractivity contribution < 1.29 is 26.3 Å². The zero-order valence-electron chi connectivity index (χ0n) is 17.8. The molecule has 1 aromatic heterocycles. The monoisotopic (exact) mass is 499 g/mol. The van der Waals surface area contributed by atoms with Gasteiger partial charge in [0.2, 0.25) is 0 Å². The Hall–Kier alpha value is -2.40. The largest absolute Gasteiger partial charge is 0.377 e. The number of ether oxygens (including phenoxy) is 1. The highest BCUT2D eigenvalue weighted by Crippen LogP contribution is 2.34. The fourth-order valence-electron chi connectivity index (χ4n) is 3.89. The SMILES string of the molecule is COC1(C)CCN(S(=O)(=O)c2c[nH]c(C(c3ccc(F)c(F)c3)c3ccc(F)c(Cl)c3)n2)C1. The van der Waals surface area contributed by atoms with Gasteiger partial charge in [-0.05, 0) is 48.7 Å². The summed E-state index contributed by atoms with van der Waals surface area (Å²) in [5, 5.41) is -0.394. The Kier molecular flexibility index (Phi) is 6.30. The van der Waals surface area contributed by atoms with Gasteiger partial charge in [0.15, 0.2) is 16.7 Å². The Morgan fingerprint density at radius 1 is 1.12 bits per heavy atom. The molecule has 0 saturated carbocycles. The number of nitrogens with one attached hydrogen (secondary N) is 1. The minimum absolute atomic E-state index is 0.149. The summed E-state index contributed by atoms with van der Waals surface area (Å²) in [5.74, 6) is -3.48. The van der Waals surface area contributed by atoms with Crippen molar-refractivity contribution in [2.24, 2.45) is 0 Å². The van der Waals surface area contributed by atoms with Crippen LogP contribution in [0.1, 0.15) is 36.2 Å². The highest BCUT2D eigenvalue weighted by Gasteiger charge is 2.41. The normalized spacial score (nSPS) is 20.3. The summed E-state index contributed by atoms with van der Waals surface area (Å²) in [7, 11) is -2.41. The molecule has 33 heavy (non-hydrogen) atoms. The molecule has 1 aliphatic heterocycles. The lowest BCUT2D eigenvalue weighted by Gasteiger charge is -2.22. The van der Waals surface area contributed by atoms with Gasteiger partial charge in [0, 0.05) is 26.4 Å². The van der Waals surface area contributed by atoms with Gasteiger partial charge in [0.1, 0.15) is 11.6 Å². The van der Waals surface area contributed by atoms with Crippen molar-refractivity contribution in [3.05, 3.63) is 82.0 Å². The van der Waals surface area contributed by atoms with Crippen LogP contribution in [0.3, 0.4) is 0 Å². The van der Waals surface area contributed by atoms with Crippen molar-refractivity contribution >= 4 is 21.6 Å². The van der Waals surface area contributed by atoms with Crippen molar-refractivity contribution in [1.82, 2.24) is 14.3 Å². The number of nitrogens with zero attached hydrogens (tertiary/aromatic N) is 2. The maximum absolute atomic E-state index is 14.0. The third-order valence-corrected chi connectivity index (χ3v) is 7.92. The molecule has 1 saturated heterocycles. The molecule has 11 heteroatoms. The lowest BCUT2D eigenvalue weighted by Crippen LogP contribution is -2.35. The molecule has 3 aromatic rings. The van der Waals surface area contributed by atoms with E-state index in [0.29, 0.717) is 12.0 Å². The smallest absolute Gasteiger partial charge is 0.262 e. The Balaban J connectivity index is 1.76. The standard InChI is InChI=1S/C22H21ClF3N3O3S/c1-22(32-2)7-8-29(12-22)33(30,31)19-11-27-21(28-19)20(13-3-5-16(24)15(23)9-13)14-4-6-17(25)18(26)10-14/h3-6,9-11,20H,7-8,12H2,1-2H3,(H,27,28). The number of halogens is 4. The van der Waals surface area contributed by atoms with E-state index in [4.69, 9.17) is 16.3 Å². The van der Waals surface area contributed by atoms with E-state index < -0.39 is 39.0 Å². The second kappa shape index (κ2) is 8.75. The molecule has 1 fully saturated rings. The summed E-state index contributed by atoms with van der Waals surface area (Å²) in [6.07, 6.45) is 1.77. The van der Waals surface area contributed by atoms with Crippen molar-refractivity contribution in [3.63, 3.8) is 0 Å². The molecule has 2 heterocycles. The number of sulfonamides is 1. The molecular formula is C22H21ClF3N3O3S. The fraction of sp³-hybridized carbons (Fsp3) is 0.318. The molecule has 1 aliphatic rings. The second-order valence-corrected chi connectivity index (χ2v) is 10.4. The highest BCUT2D eigenvalue weighted by atomic mass is 35.5. The van der Waals surface area contributed by atoms with Gasteiger partial charge in [-0.15, -0.1) is 0 Å². The number of rotatable bonds is 6. The maximum atomic E-state index is 14.0. The summed E-state index contributed by atoms with van der Waals surface area (Å²) >= 11 is 5.94. The molecule has 176 valence electrons. The minimum atomic E-state index is -3.94. The number of benzene rings is 2. The zero-order chi connectivity index (χ0) is 24.0. The Labute approximate surface area is 194 Å². The average Bonchev–Trinajstić information content (AvgIpc) is 3.42. The van der Waals surface area contributed by atoms with Gasteiger partial charge in [-0.1, -0.05) is 23.7 Å². The van der Waals surface area contributed by atoms with E-state index in [2.05, 4.69) is 9.97 Å². The predicted octanol–water partition coefficient (Wildman–Crippen LogP) is 4.46. The molecular weight excluding hydrogens is 479 g/mol. The van der Waals surface area contributed by atoms with Crippen LogP contribution in [0, 0.1) is 17.5 Å². The number of hydrogen-bond acceptors (Lipinski definition) is 4. The molecule has 0 bridgehead atoms. The molecule has 0 spiro atoms. The first-order chi connectivity index (χ1) is 15.5. The molecule has 4 rings (SSSR count). The molecule has 0 radical (unpaired) electrons. The van der Waals surface area contributed by atoms with Crippen LogP contribution in [-0.2, 0) is 14.8 Å². The van der Waals surface area contributed by atoms with E-state index in [-0.39, 0.29) is 34.5 Å². The Morgan fingerprint density at radius 2 is 1.79 bits per heavy atom. The van der Waals surface area contributed by atoms with Crippen LogP contribution < -0.4 is 0 Å². The number of H-pyrrole nitrogens is 1. The van der Waals surface area contributed by atoms with E-state index in [1.807, 2.05) is 6.92 Å². The molecule has 2 aromatic carbocycles. The topological polar surface area (TPSA) is 75.3 Å². The van der Waals surface area contributed by atoms with Gasteiger partial charge in [0.25, 0.3) is 10.0 Å². The number of hydrogen-bond donors (Lipinski definition) is 1. The van der Waals surface area contributed by atoms with Crippen LogP contribution in [0.4, 0.5) is 13.2 Å². The highest BCUT2D eigenvalue weighted by molar-refractivity contribution is 7.89. The van der Waals surface area contributed by atoms with Gasteiger partial charge >= 0.3 is 0 Å². The van der Waals surface area contributed by atoms with Gasteiger partial charge in [-0.2, -0.15) is 4.31 Å². The minimum Gasteiger partial charge on any atom is -0.377 e. The van der Waals surface area contributed by atoms with Crippen molar-refractivity contribution in [2.45, 2.75) is 29.9 Å². The molecule has 1 N–H and O–H groups in total. The average molecular weight is 500 g/mol. The lowest BCUT2D eigenvalue weighted by molar-refractivity contribution is 0.0198. The Bertz CT molecular complexity index is 1250. The second-order valence-electron chi connectivity index (χ2n) is 8.15. The van der Waals surface area contributed by atoms with E-state index in [9.17, 15) is 21.6 Å². The van der Waals surface area contributed by atoms with Gasteiger partial charge < -0.3 is 9.72 Å². The van der Waals surface area contributed by atoms with E-state index in [1.165, 1.54) is 35.8 Å². The van der Waals surface area contributed by atoms with Crippen molar-refractivity contribution in [2.75, 3.05) is 20.2 Å². The third kappa shape index (κ3) is 4.52. The molecule has 0 aliphatic carbocycles. The van der Waals surface area contributed by atoms with Crippen LogP contribution in [0.15, 0.2) is 47.6 Å². The molecule has 2 unspecified atom stereocenters. The number of methoxy groups -OCH3 is 1. The van der Waals surface area contributed by atoms with Crippen LogP contribution in [0.25, 0.3) is 0 Å². The zero-order valence-corrected chi connectivity index (χ0v) is 19.4. The van der Waals surface area contributed by atoms with Gasteiger partial charge in [0.05, 0.1) is 16.5 Å². The maximum Gasteiger partial charge on any atom is 0.262 e. The first-order valence-corrected chi connectivity index (χ1v) is 11.9. The van der Waals surface area contributed by atoms with Gasteiger partial charge in [-0.3, -0.25) is 0 Å². The number of imidazole rings is 1. The summed E-state index contributed by atoms with van der Waals surface area (Å²) in [4.78, 5) is 7.11. The van der Waals surface area contributed by atoms with E-state index >= 15 is 0 Å². The third-order valence-electron chi connectivity index (χ3n) is 5.90. The number of aromatic nitrogens is 2. The molecule has 2 atom stereocenters. The van der Waals surface area contributed by atoms with Crippen LogP contribution in [-0.4, -0.2) is 48.5 Å². The summed E-state index contributed by atoms with van der Waals surface area (Å²) in [6, 6.07) is 7.19.